The lowest BCUT2D eigenvalue weighted by atomic mass is 10.1. The van der Waals surface area contributed by atoms with Gasteiger partial charge >= 0.3 is 5.97 Å². The Morgan fingerprint density at radius 1 is 0.391 bits per heavy atom. The number of carbonyl (C=O) groups is 1. The molecule has 0 aliphatic rings. The van der Waals surface area contributed by atoms with Crippen LogP contribution in [0.25, 0.3) is 0 Å². The van der Waals surface area contributed by atoms with E-state index in [-0.39, 0.29) is 18.7 Å². The topological polar surface area (TPSA) is 128 Å². The van der Waals surface area contributed by atoms with E-state index in [0.717, 1.165) is 12.8 Å². The minimum atomic E-state index is -0.147. The van der Waals surface area contributed by atoms with Crippen molar-refractivity contribution in [3.8, 4) is 0 Å². The number of esters is 1. The third-order valence-corrected chi connectivity index (χ3v) is 6.00. The molecule has 0 radical (unpaired) electrons. The van der Waals surface area contributed by atoms with Crippen molar-refractivity contribution in [2.75, 3.05) is 145 Å². The van der Waals surface area contributed by atoms with Crippen molar-refractivity contribution in [2.45, 2.75) is 65.4 Å². The van der Waals surface area contributed by atoms with E-state index in [1.807, 2.05) is 13.8 Å². The van der Waals surface area contributed by atoms with Gasteiger partial charge in [0, 0.05) is 6.42 Å². The smallest absolute Gasteiger partial charge is 0.305 e. The third kappa shape index (κ3) is 41.1. The molecule has 0 aromatic heterocycles. The first-order chi connectivity index (χ1) is 22.7. The van der Waals surface area contributed by atoms with Gasteiger partial charge in [0.15, 0.2) is 0 Å². The van der Waals surface area contributed by atoms with Gasteiger partial charge in [-0.05, 0) is 20.3 Å². The quantitative estimate of drug-likeness (QED) is 0.0698. The van der Waals surface area contributed by atoms with Gasteiger partial charge < -0.3 is 56.8 Å². The summed E-state index contributed by atoms with van der Waals surface area (Å²) < 4.78 is 65.1. The minimum Gasteiger partial charge on any atom is -0.463 e. The molecule has 13 nitrogen and oxygen atoms in total. The fourth-order valence-electron chi connectivity index (χ4n) is 3.58. The Bertz CT molecular complexity index is 584. The summed E-state index contributed by atoms with van der Waals surface area (Å²) in [5.41, 5.74) is 0. The predicted molar refractivity (Wildman–Crippen MR) is 174 cm³/mol. The number of unbranched alkanes of at least 4 members (excludes halogenated alkanes) is 4. The maximum Gasteiger partial charge on any atom is 0.305 e. The molecule has 0 saturated heterocycles. The molecule has 0 aliphatic heterocycles. The monoisotopic (exact) mass is 670 g/mol. The second-order valence-electron chi connectivity index (χ2n) is 10.4. The van der Waals surface area contributed by atoms with E-state index in [1.165, 1.54) is 19.3 Å². The summed E-state index contributed by atoms with van der Waals surface area (Å²) in [7, 11) is 0. The zero-order valence-corrected chi connectivity index (χ0v) is 29.2. The normalized spacial score (nSPS) is 11.6. The van der Waals surface area contributed by atoms with Gasteiger partial charge in [0.1, 0.15) is 6.61 Å². The number of rotatable bonds is 40. The summed E-state index contributed by atoms with van der Waals surface area (Å²) >= 11 is 0. The molecule has 0 aromatic rings. The number of hydrogen-bond donors (Lipinski definition) is 0. The fraction of sp³-hybridized carbons (Fsp3) is 0.970. The van der Waals surface area contributed by atoms with Gasteiger partial charge in [0.05, 0.1) is 145 Å². The van der Waals surface area contributed by atoms with E-state index in [4.69, 9.17) is 56.8 Å². The fourth-order valence-corrected chi connectivity index (χ4v) is 3.58. The predicted octanol–water partition coefficient (Wildman–Crippen LogP) is 3.48. The van der Waals surface area contributed by atoms with Crippen LogP contribution in [-0.4, -0.2) is 157 Å². The van der Waals surface area contributed by atoms with Crippen LogP contribution in [0.4, 0.5) is 0 Å². The molecule has 46 heavy (non-hydrogen) atoms. The van der Waals surface area contributed by atoms with Crippen LogP contribution in [0.3, 0.4) is 0 Å². The molecule has 0 fully saturated rings. The summed E-state index contributed by atoms with van der Waals surface area (Å²) in [4.78, 5) is 11.6. The molecule has 0 atom stereocenters. The highest BCUT2D eigenvalue weighted by Gasteiger charge is 2.02. The van der Waals surface area contributed by atoms with Crippen molar-refractivity contribution in [2.24, 2.45) is 0 Å². The van der Waals surface area contributed by atoms with Gasteiger partial charge in [-0.3, -0.25) is 4.79 Å². The van der Waals surface area contributed by atoms with E-state index in [9.17, 15) is 4.79 Å². The van der Waals surface area contributed by atoms with Crippen LogP contribution in [0.5, 0.6) is 0 Å². The van der Waals surface area contributed by atoms with Crippen molar-refractivity contribution in [1.29, 1.82) is 0 Å². The Balaban J connectivity index is 3.09. The maximum absolute atomic E-state index is 11.6. The Morgan fingerprint density at radius 2 is 0.674 bits per heavy atom. The molecular weight excluding hydrogens is 604 g/mol. The first-order valence-corrected chi connectivity index (χ1v) is 17.2. The van der Waals surface area contributed by atoms with Gasteiger partial charge in [-0.25, -0.2) is 0 Å². The van der Waals surface area contributed by atoms with Gasteiger partial charge in [-0.15, -0.1) is 0 Å². The lowest BCUT2D eigenvalue weighted by Gasteiger charge is -2.09. The second kappa shape index (κ2) is 40.2. The van der Waals surface area contributed by atoms with E-state index >= 15 is 0 Å². The summed E-state index contributed by atoms with van der Waals surface area (Å²) in [6, 6.07) is 0. The van der Waals surface area contributed by atoms with Gasteiger partial charge in [-0.2, -0.15) is 0 Å². The number of carbonyl (C=O) groups excluding carboxylic acids is 1. The summed E-state index contributed by atoms with van der Waals surface area (Å²) in [5.74, 6) is -0.147. The highest BCUT2D eigenvalue weighted by Crippen LogP contribution is 2.05. The second-order valence-corrected chi connectivity index (χ2v) is 10.4. The van der Waals surface area contributed by atoms with Gasteiger partial charge in [0.2, 0.25) is 0 Å². The number of hydrogen-bond acceptors (Lipinski definition) is 13. The van der Waals surface area contributed by atoms with Crippen molar-refractivity contribution in [3.05, 3.63) is 0 Å². The largest absolute Gasteiger partial charge is 0.463 e. The van der Waals surface area contributed by atoms with Crippen LogP contribution >= 0.6 is 0 Å². The van der Waals surface area contributed by atoms with Crippen molar-refractivity contribution >= 4 is 5.97 Å². The molecule has 0 aliphatic carbocycles. The Labute approximate surface area is 278 Å². The molecule has 0 saturated carbocycles. The standard InChI is InChI=1S/C33H66O13/c1-4-5-6-7-8-9-33(34)46-31-29-44-27-25-42-23-21-40-19-17-38-15-13-36-11-10-35-12-14-37-16-18-39-20-22-41-24-26-43-28-30-45-32(2)3/h32H,4-31H2,1-3H3. The SMILES string of the molecule is CCCCCCCC(=O)OCCOCCOCCOCCOCCOCCOCCOCCOCCOCCOCCOC(C)C. The lowest BCUT2D eigenvalue weighted by Crippen LogP contribution is -2.16. The Morgan fingerprint density at radius 3 is 0.978 bits per heavy atom. The van der Waals surface area contributed by atoms with Crippen LogP contribution in [0.1, 0.15) is 59.3 Å². The van der Waals surface area contributed by atoms with Crippen LogP contribution in [0.2, 0.25) is 0 Å². The van der Waals surface area contributed by atoms with Gasteiger partial charge in [0.25, 0.3) is 0 Å². The van der Waals surface area contributed by atoms with Crippen molar-refractivity contribution < 1.29 is 61.6 Å². The van der Waals surface area contributed by atoms with Crippen molar-refractivity contribution in [1.82, 2.24) is 0 Å². The van der Waals surface area contributed by atoms with Crippen LogP contribution in [-0.2, 0) is 61.6 Å². The molecule has 0 heterocycles. The van der Waals surface area contributed by atoms with E-state index in [0.29, 0.717) is 145 Å². The zero-order valence-electron chi connectivity index (χ0n) is 29.2. The average Bonchev–Trinajstić information content (AvgIpc) is 3.04. The molecule has 0 bridgehead atoms. The number of ether oxygens (including phenoxy) is 12. The molecular formula is C33H66O13. The maximum atomic E-state index is 11.6. The molecule has 13 heteroatoms. The summed E-state index contributed by atoms with van der Waals surface area (Å²) in [6.07, 6.45) is 6.31. The van der Waals surface area contributed by atoms with Crippen molar-refractivity contribution in [3.63, 3.8) is 0 Å². The summed E-state index contributed by atoms with van der Waals surface area (Å²) in [6.45, 7) is 17.2. The molecule has 0 unspecified atom stereocenters. The molecule has 0 N–H and O–H groups in total. The molecule has 276 valence electrons. The third-order valence-electron chi connectivity index (χ3n) is 6.00. The highest BCUT2D eigenvalue weighted by atomic mass is 16.6. The average molecular weight is 671 g/mol. The first-order valence-electron chi connectivity index (χ1n) is 17.2. The van der Waals surface area contributed by atoms with Crippen LogP contribution in [0, 0.1) is 0 Å². The van der Waals surface area contributed by atoms with E-state index in [1.54, 1.807) is 0 Å². The van der Waals surface area contributed by atoms with E-state index < -0.39 is 0 Å². The molecule has 0 amide bonds. The zero-order chi connectivity index (χ0) is 33.4. The van der Waals surface area contributed by atoms with Crippen LogP contribution in [0.15, 0.2) is 0 Å². The first kappa shape index (κ1) is 45.0. The van der Waals surface area contributed by atoms with E-state index in [2.05, 4.69) is 6.92 Å². The highest BCUT2D eigenvalue weighted by molar-refractivity contribution is 5.69. The summed E-state index contributed by atoms with van der Waals surface area (Å²) in [5, 5.41) is 0. The molecule has 0 spiro atoms. The molecule has 0 aromatic carbocycles. The molecule has 0 rings (SSSR count). The minimum absolute atomic E-state index is 0.147. The lowest BCUT2D eigenvalue weighted by molar-refractivity contribution is -0.145. The Kier molecular flexibility index (Phi) is 39.4. The van der Waals surface area contributed by atoms with Gasteiger partial charge in [-0.1, -0.05) is 32.6 Å². The Hall–Kier alpha value is -0.970. The van der Waals surface area contributed by atoms with Crippen LogP contribution < -0.4 is 0 Å².